The van der Waals surface area contributed by atoms with E-state index in [0.29, 0.717) is 5.75 Å². The van der Waals surface area contributed by atoms with Crippen LogP contribution >= 0.6 is 0 Å². The average molecular weight is 268 g/mol. The standard InChI is InChI=1S/C17H16O3/c1-10-6-11-7-12(18)4-5-13(11)15-9-17(20-3)16(19-2)8-14(10)15/h4-9,18H,1-3H3. The van der Waals surface area contributed by atoms with Crippen molar-refractivity contribution in [3.05, 3.63) is 42.0 Å². The van der Waals surface area contributed by atoms with Crippen LogP contribution < -0.4 is 9.47 Å². The molecule has 0 atom stereocenters. The summed E-state index contributed by atoms with van der Waals surface area (Å²) in [7, 11) is 3.27. The van der Waals surface area contributed by atoms with Crippen LogP contribution in [-0.2, 0) is 0 Å². The Labute approximate surface area is 117 Å². The van der Waals surface area contributed by atoms with Crippen molar-refractivity contribution in [3.63, 3.8) is 0 Å². The largest absolute Gasteiger partial charge is 0.508 e. The van der Waals surface area contributed by atoms with Crippen LogP contribution in [0.3, 0.4) is 0 Å². The van der Waals surface area contributed by atoms with Crippen molar-refractivity contribution in [2.24, 2.45) is 0 Å². The number of phenolic OH excluding ortho intramolecular Hbond substituents is 1. The molecule has 3 rings (SSSR count). The van der Waals surface area contributed by atoms with Gasteiger partial charge in [0.1, 0.15) is 5.75 Å². The van der Waals surface area contributed by atoms with E-state index in [-0.39, 0.29) is 5.75 Å². The summed E-state index contributed by atoms with van der Waals surface area (Å²) in [6.07, 6.45) is 0. The van der Waals surface area contributed by atoms with E-state index in [1.165, 1.54) is 0 Å². The SMILES string of the molecule is COc1cc2c(C)cc3cc(O)ccc3c2cc1OC. The molecule has 0 aliphatic carbocycles. The highest BCUT2D eigenvalue weighted by molar-refractivity contribution is 6.10. The number of ether oxygens (including phenoxy) is 2. The molecule has 0 unspecified atom stereocenters. The highest BCUT2D eigenvalue weighted by atomic mass is 16.5. The third-order valence-corrected chi connectivity index (χ3v) is 3.65. The normalized spacial score (nSPS) is 10.9. The summed E-state index contributed by atoms with van der Waals surface area (Å²) >= 11 is 0. The smallest absolute Gasteiger partial charge is 0.161 e. The first-order valence-electron chi connectivity index (χ1n) is 6.42. The maximum absolute atomic E-state index is 9.63. The summed E-state index contributed by atoms with van der Waals surface area (Å²) in [4.78, 5) is 0. The highest BCUT2D eigenvalue weighted by Crippen LogP contribution is 2.38. The topological polar surface area (TPSA) is 38.7 Å². The minimum Gasteiger partial charge on any atom is -0.508 e. The summed E-state index contributed by atoms with van der Waals surface area (Å²) in [6, 6.07) is 11.5. The molecule has 20 heavy (non-hydrogen) atoms. The fraction of sp³-hybridized carbons (Fsp3) is 0.176. The molecule has 0 aliphatic rings. The lowest BCUT2D eigenvalue weighted by atomic mass is 9.97. The van der Waals surface area contributed by atoms with Crippen LogP contribution in [0.5, 0.6) is 17.2 Å². The summed E-state index contributed by atoms with van der Waals surface area (Å²) in [6.45, 7) is 2.05. The number of methoxy groups -OCH3 is 2. The zero-order valence-corrected chi connectivity index (χ0v) is 11.7. The van der Waals surface area contributed by atoms with Crippen LogP contribution in [0.1, 0.15) is 5.56 Å². The third kappa shape index (κ3) is 1.83. The fourth-order valence-corrected chi connectivity index (χ4v) is 2.65. The first-order chi connectivity index (χ1) is 9.63. The van der Waals surface area contributed by atoms with Crippen LogP contribution in [0.25, 0.3) is 21.5 Å². The second kappa shape index (κ2) is 4.60. The van der Waals surface area contributed by atoms with Gasteiger partial charge < -0.3 is 14.6 Å². The van der Waals surface area contributed by atoms with Crippen molar-refractivity contribution in [1.82, 2.24) is 0 Å². The van der Waals surface area contributed by atoms with Gasteiger partial charge in [0.15, 0.2) is 11.5 Å². The van der Waals surface area contributed by atoms with Gasteiger partial charge in [0, 0.05) is 0 Å². The zero-order chi connectivity index (χ0) is 14.3. The molecule has 0 spiro atoms. The molecule has 3 aromatic carbocycles. The average Bonchev–Trinajstić information content (AvgIpc) is 2.45. The van der Waals surface area contributed by atoms with Gasteiger partial charge in [0.05, 0.1) is 14.2 Å². The van der Waals surface area contributed by atoms with E-state index in [1.54, 1.807) is 26.4 Å². The van der Waals surface area contributed by atoms with E-state index in [0.717, 1.165) is 32.9 Å². The molecule has 0 saturated heterocycles. The van der Waals surface area contributed by atoms with Gasteiger partial charge in [-0.1, -0.05) is 12.1 Å². The molecular formula is C17H16O3. The van der Waals surface area contributed by atoms with Crippen molar-refractivity contribution in [2.45, 2.75) is 6.92 Å². The molecule has 3 aromatic rings. The van der Waals surface area contributed by atoms with Crippen molar-refractivity contribution < 1.29 is 14.6 Å². The molecule has 0 aromatic heterocycles. The van der Waals surface area contributed by atoms with Gasteiger partial charge in [0.2, 0.25) is 0 Å². The molecule has 0 aliphatic heterocycles. The zero-order valence-electron chi connectivity index (χ0n) is 11.7. The molecular weight excluding hydrogens is 252 g/mol. The number of hydrogen-bond acceptors (Lipinski definition) is 3. The molecule has 1 N–H and O–H groups in total. The monoisotopic (exact) mass is 268 g/mol. The van der Waals surface area contributed by atoms with Gasteiger partial charge in [-0.25, -0.2) is 0 Å². The Bertz CT molecular complexity index is 806. The Balaban J connectivity index is 2.47. The van der Waals surface area contributed by atoms with Gasteiger partial charge in [-0.2, -0.15) is 0 Å². The Morgan fingerprint density at radius 2 is 1.45 bits per heavy atom. The number of benzene rings is 3. The number of phenols is 1. The molecule has 0 fully saturated rings. The lowest BCUT2D eigenvalue weighted by molar-refractivity contribution is 0.356. The van der Waals surface area contributed by atoms with Gasteiger partial charge in [-0.3, -0.25) is 0 Å². The molecule has 3 heteroatoms. The van der Waals surface area contributed by atoms with Crippen molar-refractivity contribution >= 4 is 21.5 Å². The summed E-state index contributed by atoms with van der Waals surface area (Å²) in [5.41, 5.74) is 1.14. The molecule has 102 valence electrons. The molecule has 3 nitrogen and oxygen atoms in total. The number of rotatable bonds is 2. The Morgan fingerprint density at radius 3 is 2.10 bits per heavy atom. The third-order valence-electron chi connectivity index (χ3n) is 3.65. The van der Waals surface area contributed by atoms with Crippen LogP contribution in [0.4, 0.5) is 0 Å². The van der Waals surface area contributed by atoms with Crippen molar-refractivity contribution in [1.29, 1.82) is 0 Å². The molecule has 0 saturated carbocycles. The Morgan fingerprint density at radius 1 is 0.800 bits per heavy atom. The second-order valence-electron chi connectivity index (χ2n) is 4.85. The predicted octanol–water partition coefficient (Wildman–Crippen LogP) is 4.02. The summed E-state index contributed by atoms with van der Waals surface area (Å²) in [5.74, 6) is 1.71. The van der Waals surface area contributed by atoms with E-state index in [9.17, 15) is 5.11 Å². The van der Waals surface area contributed by atoms with E-state index in [1.807, 2.05) is 18.2 Å². The number of aryl methyl sites for hydroxylation is 1. The predicted molar refractivity (Wildman–Crippen MR) is 81.0 cm³/mol. The number of aromatic hydroxyl groups is 1. The van der Waals surface area contributed by atoms with Crippen LogP contribution in [0.2, 0.25) is 0 Å². The van der Waals surface area contributed by atoms with E-state index < -0.39 is 0 Å². The van der Waals surface area contributed by atoms with Crippen LogP contribution in [-0.4, -0.2) is 19.3 Å². The second-order valence-corrected chi connectivity index (χ2v) is 4.85. The fourth-order valence-electron chi connectivity index (χ4n) is 2.65. The maximum atomic E-state index is 9.63. The minimum absolute atomic E-state index is 0.275. The van der Waals surface area contributed by atoms with Gasteiger partial charge in [-0.15, -0.1) is 0 Å². The Hall–Kier alpha value is -2.42. The Kier molecular flexibility index (Phi) is 2.90. The number of hydrogen-bond donors (Lipinski definition) is 1. The summed E-state index contributed by atoms with van der Waals surface area (Å²) < 4.78 is 10.7. The van der Waals surface area contributed by atoms with Crippen LogP contribution in [0.15, 0.2) is 36.4 Å². The molecule has 0 amide bonds. The quantitative estimate of drug-likeness (QED) is 0.713. The first kappa shape index (κ1) is 12.6. The number of fused-ring (bicyclic) bond motifs is 3. The molecule has 0 bridgehead atoms. The van der Waals surface area contributed by atoms with Gasteiger partial charge in [0.25, 0.3) is 0 Å². The van der Waals surface area contributed by atoms with E-state index in [4.69, 9.17) is 9.47 Å². The lowest BCUT2D eigenvalue weighted by Crippen LogP contribution is -1.92. The molecule has 0 heterocycles. The van der Waals surface area contributed by atoms with Crippen molar-refractivity contribution in [2.75, 3.05) is 14.2 Å². The highest BCUT2D eigenvalue weighted by Gasteiger charge is 2.11. The van der Waals surface area contributed by atoms with Gasteiger partial charge in [-0.05, 0) is 58.3 Å². The van der Waals surface area contributed by atoms with Gasteiger partial charge >= 0.3 is 0 Å². The summed E-state index contributed by atoms with van der Waals surface area (Å²) in [5, 5.41) is 14.0. The lowest BCUT2D eigenvalue weighted by Gasteiger charge is -2.13. The van der Waals surface area contributed by atoms with Crippen molar-refractivity contribution in [3.8, 4) is 17.2 Å². The van der Waals surface area contributed by atoms with E-state index >= 15 is 0 Å². The minimum atomic E-state index is 0.275. The maximum Gasteiger partial charge on any atom is 0.161 e. The van der Waals surface area contributed by atoms with E-state index in [2.05, 4.69) is 13.0 Å². The van der Waals surface area contributed by atoms with Crippen LogP contribution in [0, 0.1) is 6.92 Å². The first-order valence-corrected chi connectivity index (χ1v) is 6.42. The molecule has 0 radical (unpaired) electrons.